The fourth-order valence-corrected chi connectivity index (χ4v) is 2.31. The molecule has 2 unspecified atom stereocenters. The van der Waals surface area contributed by atoms with Crippen LogP contribution in [0.15, 0.2) is 24.3 Å². The molecule has 100 valence electrons. The Morgan fingerprint density at radius 1 is 1.53 bits per heavy atom. The summed E-state index contributed by atoms with van der Waals surface area (Å²) in [6, 6.07) is 8.75. The van der Waals surface area contributed by atoms with Crippen LogP contribution in [0.25, 0.3) is 0 Å². The number of rotatable bonds is 4. The van der Waals surface area contributed by atoms with Crippen LogP contribution < -0.4 is 0 Å². The lowest BCUT2D eigenvalue weighted by Gasteiger charge is -2.45. The van der Waals surface area contributed by atoms with Crippen molar-refractivity contribution in [3.8, 4) is 6.07 Å². The molecule has 0 radical (unpaired) electrons. The first kappa shape index (κ1) is 13.6. The van der Waals surface area contributed by atoms with Crippen LogP contribution in [0.5, 0.6) is 0 Å². The highest BCUT2D eigenvalue weighted by atomic mass is 16.5. The molecule has 1 heterocycles. The number of hydrogen-bond acceptors (Lipinski definition) is 3. The monoisotopic (exact) mass is 259 g/mol. The van der Waals surface area contributed by atoms with Crippen LogP contribution in [0.4, 0.5) is 0 Å². The van der Waals surface area contributed by atoms with Crippen LogP contribution in [0.1, 0.15) is 37.3 Å². The van der Waals surface area contributed by atoms with Crippen LogP contribution >= 0.6 is 0 Å². The van der Waals surface area contributed by atoms with E-state index in [0.29, 0.717) is 18.6 Å². The topological polar surface area (TPSA) is 70.3 Å². The average Bonchev–Trinajstić information content (AvgIpc) is 2.38. The molecule has 2 rings (SSSR count). The molecule has 4 heteroatoms. The Hall–Kier alpha value is -1.86. The van der Waals surface area contributed by atoms with Crippen molar-refractivity contribution in [2.24, 2.45) is 5.41 Å². The van der Waals surface area contributed by atoms with Crippen LogP contribution in [-0.2, 0) is 9.53 Å². The van der Waals surface area contributed by atoms with Gasteiger partial charge < -0.3 is 9.84 Å². The molecule has 1 fully saturated rings. The van der Waals surface area contributed by atoms with Crippen molar-refractivity contribution in [3.63, 3.8) is 0 Å². The smallest absolute Gasteiger partial charge is 0.311 e. The third-order valence-corrected chi connectivity index (χ3v) is 3.72. The van der Waals surface area contributed by atoms with Crippen LogP contribution in [0.3, 0.4) is 0 Å². The van der Waals surface area contributed by atoms with Gasteiger partial charge in [-0.1, -0.05) is 26.0 Å². The minimum atomic E-state index is -0.851. The summed E-state index contributed by atoms with van der Waals surface area (Å²) in [7, 11) is 0. The fraction of sp³-hybridized carbons (Fsp3) is 0.467. The fourth-order valence-electron chi connectivity index (χ4n) is 2.31. The second-order valence-corrected chi connectivity index (χ2v) is 5.65. The molecule has 0 aromatic heterocycles. The second-order valence-electron chi connectivity index (χ2n) is 5.65. The minimum Gasteiger partial charge on any atom is -0.481 e. The van der Waals surface area contributed by atoms with Crippen molar-refractivity contribution >= 4 is 5.97 Å². The van der Waals surface area contributed by atoms with Crippen LogP contribution in [-0.4, -0.2) is 23.8 Å². The van der Waals surface area contributed by atoms with Gasteiger partial charge in [0.25, 0.3) is 0 Å². The Kier molecular flexibility index (Phi) is 3.59. The maximum Gasteiger partial charge on any atom is 0.311 e. The first-order valence-corrected chi connectivity index (χ1v) is 6.28. The molecule has 0 amide bonds. The maximum atomic E-state index is 11.4. The van der Waals surface area contributed by atoms with E-state index in [0.717, 1.165) is 5.56 Å². The summed E-state index contributed by atoms with van der Waals surface area (Å²) in [5.74, 6) is -1.44. The second kappa shape index (κ2) is 5.02. The van der Waals surface area contributed by atoms with Crippen molar-refractivity contribution in [1.29, 1.82) is 5.26 Å². The van der Waals surface area contributed by atoms with E-state index in [1.54, 1.807) is 24.3 Å². The Balaban J connectivity index is 2.16. The molecular weight excluding hydrogens is 242 g/mol. The molecular formula is C15H17NO3. The highest BCUT2D eigenvalue weighted by Gasteiger charge is 2.42. The normalized spacial score (nSPS) is 22.1. The molecule has 0 spiro atoms. The summed E-state index contributed by atoms with van der Waals surface area (Å²) in [4.78, 5) is 11.4. The van der Waals surface area contributed by atoms with Gasteiger partial charge in [-0.2, -0.15) is 5.26 Å². The minimum absolute atomic E-state index is 0.0238. The van der Waals surface area contributed by atoms with Crippen LogP contribution in [0.2, 0.25) is 0 Å². The van der Waals surface area contributed by atoms with Gasteiger partial charge in [-0.3, -0.25) is 4.79 Å². The van der Waals surface area contributed by atoms with E-state index < -0.39 is 11.9 Å². The molecule has 0 saturated carbocycles. The van der Waals surface area contributed by atoms with Gasteiger partial charge >= 0.3 is 5.97 Å². The summed E-state index contributed by atoms with van der Waals surface area (Å²) in [6.45, 7) is 4.84. The highest BCUT2D eigenvalue weighted by molar-refractivity contribution is 5.76. The van der Waals surface area contributed by atoms with Crippen molar-refractivity contribution < 1.29 is 14.6 Å². The number of aliphatic carboxylic acids is 1. The van der Waals surface area contributed by atoms with Gasteiger partial charge in [0.1, 0.15) is 0 Å². The summed E-state index contributed by atoms with van der Waals surface area (Å²) in [5.41, 5.74) is 1.30. The third-order valence-electron chi connectivity index (χ3n) is 3.72. The molecule has 0 aliphatic carbocycles. The SMILES string of the molecule is CC1(C)COC1CC(C(=O)O)c1ccc(C#N)cc1. The third kappa shape index (κ3) is 2.77. The molecule has 19 heavy (non-hydrogen) atoms. The first-order chi connectivity index (χ1) is 8.94. The Labute approximate surface area is 112 Å². The van der Waals surface area contributed by atoms with Gasteiger partial charge in [0, 0.05) is 5.41 Å². The highest BCUT2D eigenvalue weighted by Crippen LogP contribution is 2.39. The molecule has 4 nitrogen and oxygen atoms in total. The number of nitrogens with zero attached hydrogens (tertiary/aromatic N) is 1. The number of carboxylic acid groups (broad SMARTS) is 1. The summed E-state index contributed by atoms with van der Waals surface area (Å²) >= 11 is 0. The zero-order valence-electron chi connectivity index (χ0n) is 11.1. The molecule has 1 N–H and O–H groups in total. The Bertz CT molecular complexity index is 513. The molecule has 1 aromatic rings. The number of ether oxygens (including phenoxy) is 1. The summed E-state index contributed by atoms with van der Waals surface area (Å²) in [6.07, 6.45) is 0.443. The Morgan fingerprint density at radius 3 is 2.53 bits per heavy atom. The predicted molar refractivity (Wildman–Crippen MR) is 69.7 cm³/mol. The summed E-state index contributed by atoms with van der Waals surface area (Å²) in [5, 5.41) is 18.1. The van der Waals surface area contributed by atoms with Gasteiger partial charge in [0.05, 0.1) is 30.3 Å². The lowest BCUT2D eigenvalue weighted by atomic mass is 9.77. The Morgan fingerprint density at radius 2 is 2.16 bits per heavy atom. The lowest BCUT2D eigenvalue weighted by molar-refractivity contribution is -0.176. The van der Waals surface area contributed by atoms with Gasteiger partial charge in [-0.25, -0.2) is 0 Å². The van der Waals surface area contributed by atoms with Crippen molar-refractivity contribution in [1.82, 2.24) is 0 Å². The molecule has 1 saturated heterocycles. The van der Waals surface area contributed by atoms with Gasteiger partial charge in [-0.15, -0.1) is 0 Å². The van der Waals surface area contributed by atoms with Crippen molar-refractivity contribution in [2.45, 2.75) is 32.3 Å². The largest absolute Gasteiger partial charge is 0.481 e. The molecule has 0 bridgehead atoms. The van der Waals surface area contributed by atoms with E-state index in [9.17, 15) is 9.90 Å². The summed E-state index contributed by atoms with van der Waals surface area (Å²) < 4.78 is 5.48. The van der Waals surface area contributed by atoms with Gasteiger partial charge in [-0.05, 0) is 24.1 Å². The number of carbonyl (C=O) groups is 1. The van der Waals surface area contributed by atoms with E-state index in [-0.39, 0.29) is 11.5 Å². The number of nitriles is 1. The van der Waals surface area contributed by atoms with E-state index in [4.69, 9.17) is 10.00 Å². The van der Waals surface area contributed by atoms with E-state index in [1.807, 2.05) is 6.07 Å². The molecule has 2 atom stereocenters. The van der Waals surface area contributed by atoms with Gasteiger partial charge in [0.2, 0.25) is 0 Å². The number of benzene rings is 1. The van der Waals surface area contributed by atoms with Gasteiger partial charge in [0.15, 0.2) is 0 Å². The predicted octanol–water partition coefficient (Wildman–Crippen LogP) is 2.54. The van der Waals surface area contributed by atoms with Crippen molar-refractivity contribution in [3.05, 3.63) is 35.4 Å². The number of carboxylic acids is 1. The maximum absolute atomic E-state index is 11.4. The van der Waals surface area contributed by atoms with Crippen molar-refractivity contribution in [2.75, 3.05) is 6.61 Å². The molecule has 1 aliphatic heterocycles. The lowest BCUT2D eigenvalue weighted by Crippen LogP contribution is -2.48. The zero-order chi connectivity index (χ0) is 14.0. The number of hydrogen-bond donors (Lipinski definition) is 1. The molecule has 1 aromatic carbocycles. The van der Waals surface area contributed by atoms with Crippen LogP contribution in [0, 0.1) is 16.7 Å². The average molecular weight is 259 g/mol. The van der Waals surface area contributed by atoms with E-state index in [1.165, 1.54) is 0 Å². The first-order valence-electron chi connectivity index (χ1n) is 6.28. The van der Waals surface area contributed by atoms with E-state index >= 15 is 0 Å². The zero-order valence-corrected chi connectivity index (χ0v) is 11.1. The van der Waals surface area contributed by atoms with E-state index in [2.05, 4.69) is 13.8 Å². The quantitative estimate of drug-likeness (QED) is 0.902. The standard InChI is InChI=1S/C15H17NO3/c1-15(2)9-19-13(15)7-12(14(17)18)11-5-3-10(8-16)4-6-11/h3-6,12-13H,7,9H2,1-2H3,(H,17,18). The molecule has 1 aliphatic rings.